The predicted octanol–water partition coefficient (Wildman–Crippen LogP) is 1.11. The van der Waals surface area contributed by atoms with Gasteiger partial charge in [-0.25, -0.2) is 9.59 Å². The maximum atomic E-state index is 11.9. The van der Waals surface area contributed by atoms with Gasteiger partial charge in [-0.05, 0) is 32.1 Å². The third kappa shape index (κ3) is 4.38. The predicted molar refractivity (Wildman–Crippen MR) is 68.9 cm³/mol. The van der Waals surface area contributed by atoms with Crippen LogP contribution in [0, 0.1) is 5.92 Å². The summed E-state index contributed by atoms with van der Waals surface area (Å²) in [5, 5.41) is 14.6. The van der Waals surface area contributed by atoms with Gasteiger partial charge in [0, 0.05) is 18.8 Å². The van der Waals surface area contributed by atoms with E-state index in [0.717, 1.165) is 25.7 Å². The minimum atomic E-state index is -0.959. The van der Waals surface area contributed by atoms with E-state index in [1.54, 1.807) is 0 Å². The van der Waals surface area contributed by atoms with E-state index < -0.39 is 18.0 Å². The normalized spacial score (nSPS) is 23.4. The molecule has 19 heavy (non-hydrogen) atoms. The van der Waals surface area contributed by atoms with Gasteiger partial charge in [-0.3, -0.25) is 0 Å². The number of aliphatic carboxylic acids is 1. The number of rotatable bonds is 5. The summed E-state index contributed by atoms with van der Waals surface area (Å²) in [5.41, 5.74) is -0.301. The van der Waals surface area contributed by atoms with Crippen molar-refractivity contribution in [3.05, 3.63) is 0 Å². The summed E-state index contributed by atoms with van der Waals surface area (Å²) in [4.78, 5) is 23.0. The molecule has 2 aliphatic rings. The smallest absolute Gasteiger partial charge is 0.326 e. The van der Waals surface area contributed by atoms with Crippen molar-refractivity contribution in [3.8, 4) is 0 Å². The van der Waals surface area contributed by atoms with Gasteiger partial charge in [-0.15, -0.1) is 0 Å². The van der Waals surface area contributed by atoms with Crippen LogP contribution in [0.5, 0.6) is 0 Å². The van der Waals surface area contributed by atoms with Crippen LogP contribution in [-0.4, -0.2) is 41.9 Å². The van der Waals surface area contributed by atoms with Crippen molar-refractivity contribution in [2.75, 3.05) is 13.2 Å². The molecule has 2 fully saturated rings. The Morgan fingerprint density at radius 3 is 2.53 bits per heavy atom. The molecule has 1 aliphatic carbocycles. The number of carboxylic acids is 1. The van der Waals surface area contributed by atoms with Gasteiger partial charge in [0.15, 0.2) is 0 Å². The van der Waals surface area contributed by atoms with Crippen molar-refractivity contribution in [3.63, 3.8) is 0 Å². The topological polar surface area (TPSA) is 87.7 Å². The summed E-state index contributed by atoms with van der Waals surface area (Å²) in [5.74, 6) is -0.501. The number of ether oxygens (including phenoxy) is 1. The molecule has 0 radical (unpaired) electrons. The van der Waals surface area contributed by atoms with Gasteiger partial charge in [0.05, 0.1) is 0 Å². The lowest BCUT2D eigenvalue weighted by atomic mass is 9.93. The van der Waals surface area contributed by atoms with Crippen LogP contribution in [0.15, 0.2) is 0 Å². The first-order valence-corrected chi connectivity index (χ1v) is 6.88. The summed E-state index contributed by atoms with van der Waals surface area (Å²) in [7, 11) is 0. The molecular formula is C13H22N2O4. The summed E-state index contributed by atoms with van der Waals surface area (Å²) >= 11 is 0. The Morgan fingerprint density at radius 2 is 2.00 bits per heavy atom. The van der Waals surface area contributed by atoms with Gasteiger partial charge in [-0.1, -0.05) is 12.8 Å². The van der Waals surface area contributed by atoms with E-state index in [1.165, 1.54) is 0 Å². The molecule has 1 atom stereocenters. The Balaban J connectivity index is 1.82. The number of carboxylic acid groups (broad SMARTS) is 1. The van der Waals surface area contributed by atoms with E-state index in [9.17, 15) is 9.59 Å². The van der Waals surface area contributed by atoms with Gasteiger partial charge in [-0.2, -0.15) is 0 Å². The second-order valence-corrected chi connectivity index (χ2v) is 5.84. The fourth-order valence-electron chi connectivity index (χ4n) is 2.32. The Morgan fingerprint density at radius 1 is 1.37 bits per heavy atom. The molecule has 1 unspecified atom stereocenters. The molecule has 1 saturated carbocycles. The fourth-order valence-corrected chi connectivity index (χ4v) is 2.32. The molecule has 2 amide bonds. The standard InChI is InChI=1S/C13H22N2O4/c1-13(4-6-19-7-5-13)15-12(18)14-10(11(16)17)8-9-2-3-9/h9-10H,2-8H2,1H3,(H,16,17)(H2,14,15,18). The molecule has 1 saturated heterocycles. The molecule has 3 N–H and O–H groups in total. The zero-order valence-corrected chi connectivity index (χ0v) is 11.3. The van der Waals surface area contributed by atoms with Gasteiger partial charge >= 0.3 is 12.0 Å². The van der Waals surface area contributed by atoms with E-state index in [0.29, 0.717) is 25.6 Å². The second-order valence-electron chi connectivity index (χ2n) is 5.84. The number of hydrogen-bond donors (Lipinski definition) is 3. The second kappa shape index (κ2) is 5.77. The Labute approximate surface area is 112 Å². The minimum Gasteiger partial charge on any atom is -0.480 e. The monoisotopic (exact) mass is 270 g/mol. The van der Waals surface area contributed by atoms with E-state index in [-0.39, 0.29) is 5.54 Å². The highest BCUT2D eigenvalue weighted by Crippen LogP contribution is 2.33. The maximum absolute atomic E-state index is 11.9. The third-order valence-electron chi connectivity index (χ3n) is 3.88. The van der Waals surface area contributed by atoms with Gasteiger partial charge in [0.1, 0.15) is 6.04 Å². The molecule has 1 aliphatic heterocycles. The van der Waals surface area contributed by atoms with Crippen molar-refractivity contribution in [1.29, 1.82) is 0 Å². The average molecular weight is 270 g/mol. The van der Waals surface area contributed by atoms with Crippen molar-refractivity contribution in [1.82, 2.24) is 10.6 Å². The lowest BCUT2D eigenvalue weighted by Crippen LogP contribution is -2.55. The first kappa shape index (κ1) is 14.1. The number of amides is 2. The van der Waals surface area contributed by atoms with Crippen LogP contribution in [0.4, 0.5) is 4.79 Å². The molecule has 6 nitrogen and oxygen atoms in total. The van der Waals surface area contributed by atoms with E-state index >= 15 is 0 Å². The van der Waals surface area contributed by atoms with E-state index in [1.807, 2.05) is 6.92 Å². The summed E-state index contributed by atoms with van der Waals surface area (Å²) in [6, 6.07) is -1.17. The van der Waals surface area contributed by atoms with Crippen molar-refractivity contribution < 1.29 is 19.4 Å². The fraction of sp³-hybridized carbons (Fsp3) is 0.846. The molecule has 1 heterocycles. The first-order valence-electron chi connectivity index (χ1n) is 6.88. The first-order chi connectivity index (χ1) is 8.98. The van der Waals surface area contributed by atoms with Crippen LogP contribution in [-0.2, 0) is 9.53 Å². The largest absolute Gasteiger partial charge is 0.480 e. The zero-order chi connectivity index (χ0) is 13.9. The van der Waals surface area contributed by atoms with Gasteiger partial charge < -0.3 is 20.5 Å². The maximum Gasteiger partial charge on any atom is 0.326 e. The van der Waals surface area contributed by atoms with Crippen LogP contribution >= 0.6 is 0 Å². The van der Waals surface area contributed by atoms with Crippen molar-refractivity contribution in [2.45, 2.75) is 50.6 Å². The number of nitrogens with one attached hydrogen (secondary N) is 2. The summed E-state index contributed by atoms with van der Waals surface area (Å²) in [6.07, 6.45) is 4.18. The quantitative estimate of drug-likeness (QED) is 0.698. The lowest BCUT2D eigenvalue weighted by Gasteiger charge is -2.34. The highest BCUT2D eigenvalue weighted by Gasteiger charge is 2.33. The SMILES string of the molecule is CC1(NC(=O)NC(CC2CC2)C(=O)O)CCOCC1. The molecule has 0 aromatic carbocycles. The Kier molecular flexibility index (Phi) is 4.29. The van der Waals surface area contributed by atoms with E-state index in [4.69, 9.17) is 9.84 Å². The molecule has 0 aromatic heterocycles. The lowest BCUT2D eigenvalue weighted by molar-refractivity contribution is -0.139. The van der Waals surface area contributed by atoms with Crippen LogP contribution in [0.25, 0.3) is 0 Å². The van der Waals surface area contributed by atoms with Gasteiger partial charge in [0.25, 0.3) is 0 Å². The highest BCUT2D eigenvalue weighted by atomic mass is 16.5. The zero-order valence-electron chi connectivity index (χ0n) is 11.3. The van der Waals surface area contributed by atoms with E-state index in [2.05, 4.69) is 10.6 Å². The van der Waals surface area contributed by atoms with Crippen LogP contribution in [0.3, 0.4) is 0 Å². The van der Waals surface area contributed by atoms with Crippen LogP contribution < -0.4 is 10.6 Å². The van der Waals surface area contributed by atoms with Gasteiger partial charge in [0.2, 0.25) is 0 Å². The highest BCUT2D eigenvalue weighted by molar-refractivity contribution is 5.82. The van der Waals surface area contributed by atoms with Crippen LogP contribution in [0.2, 0.25) is 0 Å². The van der Waals surface area contributed by atoms with Crippen molar-refractivity contribution in [2.24, 2.45) is 5.92 Å². The molecule has 0 spiro atoms. The summed E-state index contributed by atoms with van der Waals surface area (Å²) < 4.78 is 5.26. The Bertz CT molecular complexity index is 349. The van der Waals surface area contributed by atoms with Crippen LogP contribution in [0.1, 0.15) is 39.0 Å². The molecule has 6 heteroatoms. The Hall–Kier alpha value is -1.30. The molecule has 2 rings (SSSR count). The van der Waals surface area contributed by atoms with Crippen molar-refractivity contribution >= 4 is 12.0 Å². The summed E-state index contributed by atoms with van der Waals surface area (Å²) in [6.45, 7) is 3.22. The molecule has 0 bridgehead atoms. The number of carbonyl (C=O) groups excluding carboxylic acids is 1. The average Bonchev–Trinajstić information content (AvgIpc) is 3.12. The number of carbonyl (C=O) groups is 2. The molecule has 108 valence electrons. The number of hydrogen-bond acceptors (Lipinski definition) is 3. The molecule has 0 aromatic rings. The minimum absolute atomic E-state index is 0.301. The number of urea groups is 1. The third-order valence-corrected chi connectivity index (χ3v) is 3.88. The molecular weight excluding hydrogens is 248 g/mol.